The van der Waals surface area contributed by atoms with Gasteiger partial charge >= 0.3 is 0 Å². The van der Waals surface area contributed by atoms with Gasteiger partial charge in [0.2, 0.25) is 5.91 Å². The van der Waals surface area contributed by atoms with Gasteiger partial charge in [-0.25, -0.2) is 4.98 Å². The van der Waals surface area contributed by atoms with Gasteiger partial charge in [-0.1, -0.05) is 25.1 Å². The van der Waals surface area contributed by atoms with Gasteiger partial charge in [-0.2, -0.15) is 0 Å². The third-order valence-electron chi connectivity index (χ3n) is 4.72. The standard InChI is InChI=1S/C20H25N3OS/c1-4-15(17-12-22-18-8-6-5-7-16(17)18)11-19(24)21-10-9-20-23-13(2)14(3)25-20/h5-8,12,15,22H,4,9-11H2,1-3H3,(H,21,24). The Bertz CT molecular complexity index is 845. The molecule has 3 aromatic rings. The van der Waals surface area contributed by atoms with Crippen LogP contribution in [-0.4, -0.2) is 22.4 Å². The van der Waals surface area contributed by atoms with E-state index < -0.39 is 0 Å². The third-order valence-corrected chi connectivity index (χ3v) is 5.85. The molecule has 3 rings (SSSR count). The Morgan fingerprint density at radius 1 is 1.32 bits per heavy atom. The van der Waals surface area contributed by atoms with Crippen LogP contribution < -0.4 is 5.32 Å². The number of thiazole rings is 1. The molecule has 132 valence electrons. The summed E-state index contributed by atoms with van der Waals surface area (Å²) >= 11 is 1.72. The van der Waals surface area contributed by atoms with E-state index in [1.54, 1.807) is 11.3 Å². The quantitative estimate of drug-likeness (QED) is 0.656. The van der Waals surface area contributed by atoms with Crippen molar-refractivity contribution in [1.29, 1.82) is 0 Å². The number of aromatic amines is 1. The molecular weight excluding hydrogens is 330 g/mol. The van der Waals surface area contributed by atoms with E-state index in [0.717, 1.165) is 29.1 Å². The van der Waals surface area contributed by atoms with Gasteiger partial charge in [-0.15, -0.1) is 11.3 Å². The summed E-state index contributed by atoms with van der Waals surface area (Å²) in [5.41, 5.74) is 3.46. The molecule has 0 fully saturated rings. The Kier molecular flexibility index (Phi) is 5.53. The molecule has 2 heterocycles. The summed E-state index contributed by atoms with van der Waals surface area (Å²) in [4.78, 5) is 21.5. The first-order valence-corrected chi connectivity index (χ1v) is 9.65. The zero-order valence-electron chi connectivity index (χ0n) is 15.1. The van der Waals surface area contributed by atoms with E-state index in [9.17, 15) is 4.79 Å². The number of benzene rings is 1. The number of carbonyl (C=O) groups is 1. The summed E-state index contributed by atoms with van der Waals surface area (Å²) in [5, 5.41) is 5.37. The lowest BCUT2D eigenvalue weighted by molar-refractivity contribution is -0.121. The molecule has 4 nitrogen and oxygen atoms in total. The lowest BCUT2D eigenvalue weighted by Crippen LogP contribution is -2.27. The van der Waals surface area contributed by atoms with Gasteiger partial charge in [0.25, 0.3) is 0 Å². The van der Waals surface area contributed by atoms with E-state index in [-0.39, 0.29) is 11.8 Å². The minimum Gasteiger partial charge on any atom is -0.361 e. The number of hydrogen-bond acceptors (Lipinski definition) is 3. The lowest BCUT2D eigenvalue weighted by atomic mass is 9.92. The number of aromatic nitrogens is 2. The van der Waals surface area contributed by atoms with Crippen LogP contribution in [0.3, 0.4) is 0 Å². The van der Waals surface area contributed by atoms with Gasteiger partial charge < -0.3 is 10.3 Å². The van der Waals surface area contributed by atoms with Gasteiger partial charge in [0, 0.05) is 41.4 Å². The second kappa shape index (κ2) is 7.83. The Morgan fingerprint density at radius 3 is 2.84 bits per heavy atom. The number of aryl methyl sites for hydroxylation is 2. The summed E-state index contributed by atoms with van der Waals surface area (Å²) in [5.74, 6) is 0.350. The largest absolute Gasteiger partial charge is 0.361 e. The van der Waals surface area contributed by atoms with Crippen molar-refractivity contribution in [3.63, 3.8) is 0 Å². The molecule has 1 aromatic carbocycles. The highest BCUT2D eigenvalue weighted by molar-refractivity contribution is 7.11. The predicted molar refractivity (Wildman–Crippen MR) is 104 cm³/mol. The number of fused-ring (bicyclic) bond motifs is 1. The van der Waals surface area contributed by atoms with Gasteiger partial charge in [0.1, 0.15) is 0 Å². The monoisotopic (exact) mass is 355 g/mol. The number of H-pyrrole nitrogens is 1. The molecule has 5 heteroatoms. The fourth-order valence-electron chi connectivity index (χ4n) is 3.16. The average Bonchev–Trinajstić information content (AvgIpc) is 3.16. The van der Waals surface area contributed by atoms with Crippen LogP contribution >= 0.6 is 11.3 Å². The van der Waals surface area contributed by atoms with Crippen molar-refractivity contribution in [3.05, 3.63) is 51.6 Å². The minimum atomic E-state index is 0.113. The van der Waals surface area contributed by atoms with Crippen molar-refractivity contribution < 1.29 is 4.79 Å². The van der Waals surface area contributed by atoms with Crippen molar-refractivity contribution in [2.45, 2.75) is 46.0 Å². The summed E-state index contributed by atoms with van der Waals surface area (Å²) in [6.45, 7) is 6.90. The fourth-order valence-corrected chi connectivity index (χ4v) is 4.09. The topological polar surface area (TPSA) is 57.8 Å². The molecule has 2 N–H and O–H groups in total. The van der Waals surface area contributed by atoms with Crippen LogP contribution in [0.4, 0.5) is 0 Å². The molecule has 1 unspecified atom stereocenters. The van der Waals surface area contributed by atoms with E-state index in [1.807, 2.05) is 25.3 Å². The van der Waals surface area contributed by atoms with Crippen molar-refractivity contribution in [2.75, 3.05) is 6.54 Å². The van der Waals surface area contributed by atoms with Crippen molar-refractivity contribution in [1.82, 2.24) is 15.3 Å². The van der Waals surface area contributed by atoms with Crippen LogP contribution in [0.1, 0.15) is 46.8 Å². The normalized spacial score (nSPS) is 12.4. The molecule has 2 aromatic heterocycles. The van der Waals surface area contributed by atoms with E-state index in [4.69, 9.17) is 0 Å². The van der Waals surface area contributed by atoms with Crippen LogP contribution in [-0.2, 0) is 11.2 Å². The Hall–Kier alpha value is -2.14. The molecule has 1 amide bonds. The molecular formula is C20H25N3OS. The third kappa shape index (κ3) is 4.10. The van der Waals surface area contributed by atoms with Crippen LogP contribution in [0.15, 0.2) is 30.5 Å². The highest BCUT2D eigenvalue weighted by Crippen LogP contribution is 2.30. The molecule has 0 aliphatic rings. The Balaban J connectivity index is 1.57. The molecule has 25 heavy (non-hydrogen) atoms. The van der Waals surface area contributed by atoms with Gasteiger partial charge in [-0.05, 0) is 37.8 Å². The number of hydrogen-bond donors (Lipinski definition) is 2. The molecule has 0 bridgehead atoms. The summed E-state index contributed by atoms with van der Waals surface area (Å²) in [6, 6.07) is 8.27. The number of nitrogens with one attached hydrogen (secondary N) is 2. The maximum atomic E-state index is 12.4. The summed E-state index contributed by atoms with van der Waals surface area (Å²) < 4.78 is 0. The second-order valence-electron chi connectivity index (χ2n) is 6.45. The van der Waals surface area contributed by atoms with E-state index in [0.29, 0.717) is 13.0 Å². The number of nitrogens with zero attached hydrogens (tertiary/aromatic N) is 1. The Labute approximate surface area is 152 Å². The van der Waals surface area contributed by atoms with E-state index in [2.05, 4.69) is 41.3 Å². The smallest absolute Gasteiger partial charge is 0.220 e. The van der Waals surface area contributed by atoms with Crippen LogP contribution in [0, 0.1) is 13.8 Å². The molecule has 0 radical (unpaired) electrons. The van der Waals surface area contributed by atoms with Crippen LogP contribution in [0.2, 0.25) is 0 Å². The van der Waals surface area contributed by atoms with Crippen molar-refractivity contribution in [2.24, 2.45) is 0 Å². The van der Waals surface area contributed by atoms with E-state index >= 15 is 0 Å². The highest BCUT2D eigenvalue weighted by atomic mass is 32.1. The van der Waals surface area contributed by atoms with Gasteiger partial charge in [-0.3, -0.25) is 4.79 Å². The zero-order valence-corrected chi connectivity index (χ0v) is 15.9. The van der Waals surface area contributed by atoms with Gasteiger partial charge in [0.05, 0.1) is 10.7 Å². The zero-order chi connectivity index (χ0) is 17.8. The highest BCUT2D eigenvalue weighted by Gasteiger charge is 2.17. The predicted octanol–water partition coefficient (Wildman–Crippen LogP) is 4.48. The molecule has 0 aliphatic carbocycles. The Morgan fingerprint density at radius 2 is 2.12 bits per heavy atom. The second-order valence-corrected chi connectivity index (χ2v) is 7.74. The van der Waals surface area contributed by atoms with Crippen molar-refractivity contribution >= 4 is 28.1 Å². The summed E-state index contributed by atoms with van der Waals surface area (Å²) in [7, 11) is 0. The molecule has 1 atom stereocenters. The van der Waals surface area contributed by atoms with Crippen LogP contribution in [0.5, 0.6) is 0 Å². The maximum absolute atomic E-state index is 12.4. The van der Waals surface area contributed by atoms with Gasteiger partial charge in [0.15, 0.2) is 0 Å². The first-order valence-electron chi connectivity index (χ1n) is 8.84. The van der Waals surface area contributed by atoms with Crippen LogP contribution in [0.25, 0.3) is 10.9 Å². The number of carbonyl (C=O) groups excluding carboxylic acids is 1. The molecule has 0 saturated carbocycles. The first kappa shape index (κ1) is 17.7. The lowest BCUT2D eigenvalue weighted by Gasteiger charge is -2.14. The molecule has 0 saturated heterocycles. The number of para-hydroxylation sites is 1. The average molecular weight is 356 g/mol. The van der Waals surface area contributed by atoms with Crippen molar-refractivity contribution in [3.8, 4) is 0 Å². The first-order chi connectivity index (χ1) is 12.1. The molecule has 0 aliphatic heterocycles. The maximum Gasteiger partial charge on any atom is 0.220 e. The minimum absolute atomic E-state index is 0.113. The molecule has 0 spiro atoms. The van der Waals surface area contributed by atoms with E-state index in [1.165, 1.54) is 15.8 Å². The number of amides is 1. The summed E-state index contributed by atoms with van der Waals surface area (Å²) in [6.07, 6.45) is 4.32. The fraction of sp³-hybridized carbons (Fsp3) is 0.400. The number of rotatable bonds is 7. The SMILES string of the molecule is CCC(CC(=O)NCCc1nc(C)c(C)s1)c1c[nH]c2ccccc12.